The van der Waals surface area contributed by atoms with E-state index in [4.69, 9.17) is 32.5 Å². The van der Waals surface area contributed by atoms with E-state index in [1.807, 2.05) is 27.7 Å². The Kier molecular flexibility index (Phi) is 10.7. The fraction of sp³-hybridized carbons (Fsp3) is 0.684. The molecule has 288 valence electrons. The molecule has 52 heavy (non-hydrogen) atoms. The fourth-order valence-corrected chi connectivity index (χ4v) is 13.4. The number of aliphatic hydroxyl groups excluding tert-OH is 1. The average Bonchev–Trinajstić information content (AvgIpc) is 3.07. The van der Waals surface area contributed by atoms with E-state index in [0.717, 1.165) is 7.11 Å². The Morgan fingerprint density at radius 1 is 1.02 bits per heavy atom. The van der Waals surface area contributed by atoms with Crippen molar-refractivity contribution in [2.24, 2.45) is 22.7 Å². The highest BCUT2D eigenvalue weighted by Crippen LogP contribution is 2.65. The fourth-order valence-electron chi connectivity index (χ4n) is 9.65. The number of fused-ring (bicyclic) bond motifs is 5. The molecule has 0 spiro atoms. The van der Waals surface area contributed by atoms with Gasteiger partial charge in [0, 0.05) is 38.2 Å². The highest BCUT2D eigenvalue weighted by Gasteiger charge is 2.79. The van der Waals surface area contributed by atoms with Gasteiger partial charge in [0.05, 0.1) is 42.8 Å². The smallest absolute Gasteiger partial charge is 0.455 e. The van der Waals surface area contributed by atoms with E-state index in [0.29, 0.717) is 0 Å². The van der Waals surface area contributed by atoms with Gasteiger partial charge in [-0.15, -0.1) is 0 Å². The van der Waals surface area contributed by atoms with Gasteiger partial charge < -0.3 is 42.7 Å². The molecule has 0 aromatic heterocycles. The summed E-state index contributed by atoms with van der Waals surface area (Å²) in [5.41, 5.74) is -7.07. The van der Waals surface area contributed by atoms with Crippen LogP contribution in [-0.4, -0.2) is 99.1 Å². The molecule has 3 unspecified atom stereocenters. The van der Waals surface area contributed by atoms with E-state index in [-0.39, 0.29) is 47.4 Å². The van der Waals surface area contributed by atoms with Crippen LogP contribution in [0.2, 0.25) is 11.1 Å². The third-order valence-electron chi connectivity index (χ3n) is 12.5. The van der Waals surface area contributed by atoms with Gasteiger partial charge in [-0.2, -0.15) is 0 Å². The molecule has 3 fully saturated rings. The second-order valence-corrected chi connectivity index (χ2v) is 20.5. The van der Waals surface area contributed by atoms with Crippen LogP contribution >= 0.6 is 0 Å². The molecule has 5 rings (SSSR count). The quantitative estimate of drug-likeness (QED) is 0.196. The minimum absolute atomic E-state index is 0.0231. The maximum absolute atomic E-state index is 15.8. The number of ketones is 1. The normalized spacial score (nSPS) is 35.4. The maximum atomic E-state index is 15.8. The van der Waals surface area contributed by atoms with Crippen molar-refractivity contribution in [1.29, 1.82) is 0 Å². The van der Waals surface area contributed by atoms with Crippen LogP contribution in [0.4, 0.5) is 4.79 Å². The standard InChI is InChI=1S/C38H54O13Si/c1-20(2)52(46-11,21(3)4)51-26-17-27-37(19-47-27,50-34(43)45-10)30-32(49-33(42)24-15-13-12-14-16-24)38(44)18-25(40)22(5)28(35(38,7)8)29(48-23(6)39)31(41)36(26,30)9/h12-16,20-22,25-27,30,32,40,44H,17-19H2,1-11H3/t22?,25-,26-,27?,30?,32-,36+,37-,38+/m0/s1. The van der Waals surface area contributed by atoms with E-state index in [9.17, 15) is 24.6 Å². The summed E-state index contributed by atoms with van der Waals surface area (Å²) >= 11 is 0. The van der Waals surface area contributed by atoms with Crippen LogP contribution in [0.25, 0.3) is 0 Å². The predicted molar refractivity (Wildman–Crippen MR) is 188 cm³/mol. The first-order valence-corrected chi connectivity index (χ1v) is 19.9. The van der Waals surface area contributed by atoms with Crippen molar-refractivity contribution in [2.75, 3.05) is 20.8 Å². The Bertz CT molecular complexity index is 1600. The van der Waals surface area contributed by atoms with Crippen molar-refractivity contribution < 1.29 is 61.9 Å². The molecule has 13 nitrogen and oxygen atoms in total. The molecule has 1 heterocycles. The van der Waals surface area contributed by atoms with Gasteiger partial charge >= 0.3 is 26.7 Å². The van der Waals surface area contributed by atoms with E-state index in [1.54, 1.807) is 65.1 Å². The third-order valence-corrected chi connectivity index (χ3v) is 17.0. The zero-order valence-electron chi connectivity index (χ0n) is 32.0. The van der Waals surface area contributed by atoms with Crippen molar-refractivity contribution in [3.8, 4) is 0 Å². The van der Waals surface area contributed by atoms with Gasteiger partial charge in [-0.05, 0) is 35.7 Å². The highest BCUT2D eigenvalue weighted by molar-refractivity contribution is 6.70. The van der Waals surface area contributed by atoms with Crippen LogP contribution in [0.15, 0.2) is 41.7 Å². The third kappa shape index (κ3) is 5.84. The molecule has 1 saturated heterocycles. The second kappa shape index (κ2) is 13.9. The van der Waals surface area contributed by atoms with E-state index in [1.165, 1.54) is 6.92 Å². The van der Waals surface area contributed by atoms with Crippen LogP contribution in [-0.2, 0) is 42.1 Å². The molecule has 2 bridgehead atoms. The topological polar surface area (TPSA) is 173 Å². The van der Waals surface area contributed by atoms with Crippen molar-refractivity contribution in [3.05, 3.63) is 47.2 Å². The van der Waals surface area contributed by atoms with Gasteiger partial charge in [0.2, 0.25) is 5.78 Å². The van der Waals surface area contributed by atoms with Crippen LogP contribution in [0, 0.1) is 22.7 Å². The number of rotatable bonds is 9. The van der Waals surface area contributed by atoms with Gasteiger partial charge in [-0.1, -0.05) is 66.7 Å². The number of Topliss-reactive ketones (excluding diaryl/α,β-unsaturated/α-hetero) is 1. The zero-order chi connectivity index (χ0) is 38.8. The number of hydrogen-bond donors (Lipinski definition) is 2. The lowest BCUT2D eigenvalue weighted by atomic mass is 9.45. The summed E-state index contributed by atoms with van der Waals surface area (Å²) in [4.78, 5) is 56.0. The van der Waals surface area contributed by atoms with Crippen molar-refractivity contribution in [1.82, 2.24) is 0 Å². The van der Waals surface area contributed by atoms with Crippen molar-refractivity contribution in [2.45, 2.75) is 122 Å². The van der Waals surface area contributed by atoms with E-state index >= 15 is 4.79 Å². The summed E-state index contributed by atoms with van der Waals surface area (Å²) < 4.78 is 43.0. The number of allylic oxidation sites excluding steroid dienone is 1. The van der Waals surface area contributed by atoms with Crippen molar-refractivity contribution in [3.63, 3.8) is 0 Å². The van der Waals surface area contributed by atoms with Crippen LogP contribution in [0.1, 0.15) is 85.5 Å². The van der Waals surface area contributed by atoms with Crippen LogP contribution in [0.3, 0.4) is 0 Å². The minimum atomic E-state index is -3.22. The van der Waals surface area contributed by atoms with Gasteiger partial charge in [0.25, 0.3) is 0 Å². The van der Waals surface area contributed by atoms with Crippen LogP contribution in [0.5, 0.6) is 0 Å². The number of aliphatic hydroxyl groups is 2. The van der Waals surface area contributed by atoms with Gasteiger partial charge in [0.15, 0.2) is 11.4 Å². The van der Waals surface area contributed by atoms with E-state index in [2.05, 4.69) is 0 Å². The number of carbonyl (C=O) groups excluding carboxylic acids is 4. The predicted octanol–water partition coefficient (Wildman–Crippen LogP) is 5.01. The Morgan fingerprint density at radius 3 is 2.13 bits per heavy atom. The molecule has 1 aromatic carbocycles. The monoisotopic (exact) mass is 746 g/mol. The summed E-state index contributed by atoms with van der Waals surface area (Å²) in [6, 6.07) is 8.17. The number of methoxy groups -OCH3 is 1. The molecular weight excluding hydrogens is 692 g/mol. The summed E-state index contributed by atoms with van der Waals surface area (Å²) in [6.45, 7) is 15.5. The molecule has 14 heteroatoms. The zero-order valence-corrected chi connectivity index (χ0v) is 33.0. The lowest BCUT2D eigenvalue weighted by molar-refractivity contribution is -0.342. The Hall–Kier alpha value is -3.14. The first-order valence-electron chi connectivity index (χ1n) is 17.9. The second-order valence-electron chi connectivity index (χ2n) is 16.1. The Balaban J connectivity index is 1.92. The molecule has 0 radical (unpaired) electrons. The molecule has 4 aliphatic rings. The average molecular weight is 747 g/mol. The maximum Gasteiger partial charge on any atom is 0.508 e. The minimum Gasteiger partial charge on any atom is -0.455 e. The molecule has 1 aromatic rings. The first kappa shape index (κ1) is 40.1. The first-order chi connectivity index (χ1) is 24.2. The Morgan fingerprint density at radius 2 is 1.63 bits per heavy atom. The number of carbonyl (C=O) groups is 4. The summed E-state index contributed by atoms with van der Waals surface area (Å²) in [5, 5.41) is 25.0. The largest absolute Gasteiger partial charge is 0.508 e. The summed E-state index contributed by atoms with van der Waals surface area (Å²) in [5.74, 6) is -4.84. The van der Waals surface area contributed by atoms with E-state index < -0.39 is 90.7 Å². The molecular formula is C38H54O13Si. The number of hydrogen-bond acceptors (Lipinski definition) is 13. The van der Waals surface area contributed by atoms with Crippen molar-refractivity contribution >= 4 is 32.4 Å². The number of ether oxygens (including phenoxy) is 5. The molecule has 9 atom stereocenters. The molecule has 2 saturated carbocycles. The molecule has 1 aliphatic heterocycles. The SMILES string of the molecule is COC(=O)O[C@@]12COC1C[C@H](O[Si](OC)(C(C)C)C(C)C)[C@@]1(C)C(=O)C(OC(C)=O)=C3C(C)[C@@H](O)C[C@@](O)([C@@H](OC(=O)c4ccccc4)C21)C3(C)C. The summed E-state index contributed by atoms with van der Waals surface area (Å²) in [7, 11) is -0.497. The van der Waals surface area contributed by atoms with Gasteiger partial charge in [-0.25, -0.2) is 9.59 Å². The lowest BCUT2D eigenvalue weighted by Crippen LogP contribution is -2.81. The van der Waals surface area contributed by atoms with Gasteiger partial charge in [0.1, 0.15) is 17.8 Å². The van der Waals surface area contributed by atoms with Crippen LogP contribution < -0.4 is 0 Å². The van der Waals surface area contributed by atoms with Gasteiger partial charge in [-0.3, -0.25) is 9.59 Å². The lowest BCUT2D eigenvalue weighted by Gasteiger charge is -2.67. The highest BCUT2D eigenvalue weighted by atomic mass is 28.4. The number of benzene rings is 1. The molecule has 2 N–H and O–H groups in total. The number of esters is 2. The molecule has 3 aliphatic carbocycles. The summed E-state index contributed by atoms with van der Waals surface area (Å²) in [6.07, 6.45) is -6.26. The Labute approximate surface area is 306 Å². The molecule has 0 amide bonds.